The molecule has 0 radical (unpaired) electrons. The Labute approximate surface area is 199 Å². The SMILES string of the molecule is Cc1ccc([N-]c2ccccc2C(=O)Nc2ccc(Cl)cc2)c(F)c1.[K+]. The summed E-state index contributed by atoms with van der Waals surface area (Å²) < 4.78 is 14.0. The van der Waals surface area contributed by atoms with Gasteiger partial charge >= 0.3 is 51.4 Å². The Bertz CT molecular complexity index is 916. The number of nitrogens with one attached hydrogen (secondary N) is 1. The maximum atomic E-state index is 14.0. The first-order chi connectivity index (χ1) is 12.0. The first-order valence-electron chi connectivity index (χ1n) is 7.67. The van der Waals surface area contributed by atoms with E-state index < -0.39 is 5.82 Å². The number of benzene rings is 3. The van der Waals surface area contributed by atoms with Crippen LogP contribution in [0.4, 0.5) is 21.5 Å². The molecule has 0 aromatic heterocycles. The van der Waals surface area contributed by atoms with E-state index in [9.17, 15) is 9.18 Å². The van der Waals surface area contributed by atoms with Crippen LogP contribution in [-0.2, 0) is 0 Å². The van der Waals surface area contributed by atoms with Crippen LogP contribution in [0.5, 0.6) is 0 Å². The third-order valence-corrected chi connectivity index (χ3v) is 3.85. The number of hydrogen-bond acceptors (Lipinski definition) is 1. The maximum Gasteiger partial charge on any atom is 1.00 e. The smallest absolute Gasteiger partial charge is 0.655 e. The Morgan fingerprint density at radius 3 is 2.38 bits per heavy atom. The second-order valence-electron chi connectivity index (χ2n) is 5.54. The minimum atomic E-state index is -0.423. The fraction of sp³-hybridized carbons (Fsp3) is 0.0500. The molecule has 3 aromatic carbocycles. The average Bonchev–Trinajstić information content (AvgIpc) is 2.60. The molecule has 126 valence electrons. The van der Waals surface area contributed by atoms with Crippen molar-refractivity contribution in [3.8, 4) is 0 Å². The number of aryl methyl sites for hydroxylation is 1. The van der Waals surface area contributed by atoms with Gasteiger partial charge in [0.15, 0.2) is 0 Å². The number of carbonyl (C=O) groups excluding carboxylic acids is 1. The molecule has 0 fully saturated rings. The molecule has 1 N–H and O–H groups in total. The summed E-state index contributed by atoms with van der Waals surface area (Å²) in [6.07, 6.45) is 0. The van der Waals surface area contributed by atoms with Gasteiger partial charge in [-0.1, -0.05) is 53.7 Å². The fourth-order valence-corrected chi connectivity index (χ4v) is 2.45. The molecule has 0 atom stereocenters. The Hall–Kier alpha value is -1.21. The standard InChI is InChI=1S/C20H16ClFN2O.K/c1-13-6-11-19(17(22)12-13)24-18-5-3-2-4-16(18)20(25)23-15-9-7-14(21)8-10-15;/h2-12H,1H3,(H2,23,24,25);/q;+1/p-1. The van der Waals surface area contributed by atoms with Gasteiger partial charge in [0.05, 0.1) is 0 Å². The van der Waals surface area contributed by atoms with E-state index in [2.05, 4.69) is 10.6 Å². The number of amides is 1. The quantitative estimate of drug-likeness (QED) is 0.679. The van der Waals surface area contributed by atoms with Gasteiger partial charge in [0, 0.05) is 16.3 Å². The van der Waals surface area contributed by atoms with Gasteiger partial charge in [-0.05, 0) is 42.8 Å². The van der Waals surface area contributed by atoms with Crippen molar-refractivity contribution in [2.75, 3.05) is 5.32 Å². The summed E-state index contributed by atoms with van der Waals surface area (Å²) in [6.45, 7) is 1.81. The Balaban J connectivity index is 0.00000243. The first-order valence-corrected chi connectivity index (χ1v) is 8.04. The molecule has 0 saturated heterocycles. The fourth-order valence-electron chi connectivity index (χ4n) is 2.33. The van der Waals surface area contributed by atoms with Crippen molar-refractivity contribution in [1.82, 2.24) is 0 Å². The largest absolute Gasteiger partial charge is 1.00 e. The second-order valence-corrected chi connectivity index (χ2v) is 5.98. The summed E-state index contributed by atoms with van der Waals surface area (Å²) in [5.74, 6) is -0.748. The van der Waals surface area contributed by atoms with Gasteiger partial charge in [-0.25, -0.2) is 4.39 Å². The number of nitrogens with zero attached hydrogens (tertiary/aromatic N) is 1. The summed E-state index contributed by atoms with van der Waals surface area (Å²) in [5.41, 5.74) is 2.38. The molecule has 0 bridgehead atoms. The van der Waals surface area contributed by atoms with Crippen molar-refractivity contribution >= 4 is 34.6 Å². The molecule has 3 nitrogen and oxygen atoms in total. The molecular formula is C20H15ClFKN2O. The number of carbonyl (C=O) groups is 1. The van der Waals surface area contributed by atoms with Crippen molar-refractivity contribution in [2.24, 2.45) is 0 Å². The molecule has 1 amide bonds. The number of anilines is 1. The molecule has 0 spiro atoms. The van der Waals surface area contributed by atoms with Gasteiger partial charge in [0.2, 0.25) is 0 Å². The predicted molar refractivity (Wildman–Crippen MR) is 99.7 cm³/mol. The zero-order chi connectivity index (χ0) is 17.8. The van der Waals surface area contributed by atoms with Gasteiger partial charge in [-0.3, -0.25) is 4.79 Å². The average molecular weight is 393 g/mol. The van der Waals surface area contributed by atoms with Gasteiger partial charge < -0.3 is 10.6 Å². The Morgan fingerprint density at radius 2 is 1.69 bits per heavy atom. The Morgan fingerprint density at radius 1 is 1.00 bits per heavy atom. The van der Waals surface area contributed by atoms with E-state index in [0.29, 0.717) is 22.0 Å². The van der Waals surface area contributed by atoms with Crippen LogP contribution in [0.2, 0.25) is 5.02 Å². The number of hydrogen-bond donors (Lipinski definition) is 1. The monoisotopic (exact) mass is 392 g/mol. The minimum Gasteiger partial charge on any atom is -0.655 e. The van der Waals surface area contributed by atoms with Crippen LogP contribution < -0.4 is 56.7 Å². The van der Waals surface area contributed by atoms with Crippen molar-refractivity contribution < 1.29 is 60.6 Å². The van der Waals surface area contributed by atoms with Crippen LogP contribution in [0.25, 0.3) is 5.32 Å². The molecule has 0 unspecified atom stereocenters. The first kappa shape index (κ1) is 21.1. The summed E-state index contributed by atoms with van der Waals surface area (Å²) in [7, 11) is 0. The summed E-state index contributed by atoms with van der Waals surface area (Å²) in [5, 5.41) is 7.67. The number of para-hydroxylation sites is 1. The summed E-state index contributed by atoms with van der Waals surface area (Å²) in [4.78, 5) is 12.6. The van der Waals surface area contributed by atoms with E-state index in [1.54, 1.807) is 67.6 Å². The van der Waals surface area contributed by atoms with Crippen LogP contribution in [-0.4, -0.2) is 5.91 Å². The van der Waals surface area contributed by atoms with Gasteiger partial charge in [0.1, 0.15) is 5.82 Å². The van der Waals surface area contributed by atoms with Crippen LogP contribution in [0.1, 0.15) is 15.9 Å². The van der Waals surface area contributed by atoms with Crippen LogP contribution in [0, 0.1) is 12.7 Å². The van der Waals surface area contributed by atoms with Crippen LogP contribution in [0.15, 0.2) is 66.7 Å². The molecule has 3 rings (SSSR count). The third kappa shape index (κ3) is 5.39. The van der Waals surface area contributed by atoms with Gasteiger partial charge in [-0.2, -0.15) is 0 Å². The maximum absolute atomic E-state index is 14.0. The molecule has 0 aliphatic rings. The van der Waals surface area contributed by atoms with Gasteiger partial charge in [-0.15, -0.1) is 5.69 Å². The van der Waals surface area contributed by atoms with E-state index >= 15 is 0 Å². The molecule has 6 heteroatoms. The molecule has 0 saturated carbocycles. The molecular weight excluding hydrogens is 378 g/mol. The van der Waals surface area contributed by atoms with Crippen molar-refractivity contribution in [1.29, 1.82) is 0 Å². The van der Waals surface area contributed by atoms with Crippen LogP contribution >= 0.6 is 11.6 Å². The summed E-state index contributed by atoms with van der Waals surface area (Å²) >= 11 is 5.84. The van der Waals surface area contributed by atoms with Gasteiger partial charge in [0.25, 0.3) is 5.91 Å². The topological polar surface area (TPSA) is 43.2 Å². The third-order valence-electron chi connectivity index (χ3n) is 3.59. The molecule has 26 heavy (non-hydrogen) atoms. The number of rotatable bonds is 4. The summed E-state index contributed by atoms with van der Waals surface area (Å²) in [6, 6.07) is 18.4. The van der Waals surface area contributed by atoms with E-state index in [-0.39, 0.29) is 63.0 Å². The Kier molecular flexibility index (Phi) is 7.82. The van der Waals surface area contributed by atoms with E-state index in [0.717, 1.165) is 5.56 Å². The zero-order valence-electron chi connectivity index (χ0n) is 14.5. The minimum absolute atomic E-state index is 0. The zero-order valence-corrected chi connectivity index (χ0v) is 18.3. The van der Waals surface area contributed by atoms with Crippen molar-refractivity contribution in [3.63, 3.8) is 0 Å². The molecule has 0 aliphatic carbocycles. The molecule has 3 aromatic rings. The van der Waals surface area contributed by atoms with E-state index in [1.807, 2.05) is 0 Å². The molecule has 0 aliphatic heterocycles. The second kappa shape index (κ2) is 9.64. The molecule has 0 heterocycles. The number of halogens is 2. The normalized spacial score (nSPS) is 9.96. The van der Waals surface area contributed by atoms with E-state index in [1.165, 1.54) is 6.07 Å². The van der Waals surface area contributed by atoms with E-state index in [4.69, 9.17) is 11.6 Å². The van der Waals surface area contributed by atoms with Crippen molar-refractivity contribution in [2.45, 2.75) is 6.92 Å². The predicted octanol–water partition coefficient (Wildman–Crippen LogP) is 3.38. The van der Waals surface area contributed by atoms with Crippen LogP contribution in [0.3, 0.4) is 0 Å². The van der Waals surface area contributed by atoms with Crippen molar-refractivity contribution in [3.05, 3.63) is 94.0 Å².